The van der Waals surface area contributed by atoms with E-state index < -0.39 is 39.8 Å². The van der Waals surface area contributed by atoms with E-state index in [2.05, 4.69) is 10.4 Å². The molecule has 2 aromatic carbocycles. The minimum absolute atomic E-state index is 0.00214. The number of aromatic nitrogens is 2. The van der Waals surface area contributed by atoms with Crippen molar-refractivity contribution in [2.45, 2.75) is 13.0 Å². The predicted octanol–water partition coefficient (Wildman–Crippen LogP) is 3.30. The van der Waals surface area contributed by atoms with Gasteiger partial charge in [0.1, 0.15) is 11.9 Å². The lowest BCUT2D eigenvalue weighted by Gasteiger charge is -2.15. The molecule has 10 heteroatoms. The number of hydrogen-bond acceptors (Lipinski definition) is 5. The van der Waals surface area contributed by atoms with Crippen molar-refractivity contribution < 1.29 is 18.5 Å². The number of benzene rings is 2. The molecule has 0 aliphatic rings. The number of amides is 1. The maximum Gasteiger partial charge on any atom is 0.306 e. The van der Waals surface area contributed by atoms with E-state index >= 15 is 0 Å². The zero-order chi connectivity index (χ0) is 21.1. The van der Waals surface area contributed by atoms with Gasteiger partial charge in [-0.2, -0.15) is 9.49 Å². The van der Waals surface area contributed by atoms with Crippen molar-refractivity contribution in [3.8, 4) is 11.3 Å². The van der Waals surface area contributed by atoms with Gasteiger partial charge in [0, 0.05) is 23.4 Å². The average molecular weight is 400 g/mol. The third-order valence-electron chi connectivity index (χ3n) is 4.12. The lowest BCUT2D eigenvalue weighted by atomic mass is 10.1. The van der Waals surface area contributed by atoms with Gasteiger partial charge in [0.25, 0.3) is 5.56 Å². The summed E-state index contributed by atoms with van der Waals surface area (Å²) in [5, 5.41) is 17.4. The van der Waals surface area contributed by atoms with E-state index in [1.54, 1.807) is 0 Å². The van der Waals surface area contributed by atoms with Gasteiger partial charge in [0.15, 0.2) is 0 Å². The van der Waals surface area contributed by atoms with Gasteiger partial charge in [-0.15, -0.1) is 0 Å². The smallest absolute Gasteiger partial charge is 0.306 e. The van der Waals surface area contributed by atoms with E-state index in [-0.39, 0.29) is 5.69 Å². The summed E-state index contributed by atoms with van der Waals surface area (Å²) >= 11 is 0. The summed E-state index contributed by atoms with van der Waals surface area (Å²) in [6.07, 6.45) is 0. The number of nitrogens with zero attached hydrogens (tertiary/aromatic N) is 3. The number of nitrogens with one attached hydrogen (secondary N) is 1. The first-order valence-corrected chi connectivity index (χ1v) is 8.37. The third kappa shape index (κ3) is 4.32. The molecular weight excluding hydrogens is 386 g/mol. The number of hydrogen-bond donors (Lipinski definition) is 1. The summed E-state index contributed by atoms with van der Waals surface area (Å²) in [4.78, 5) is 34.6. The fraction of sp³-hybridized carbons (Fsp3) is 0.105. The molecule has 0 aliphatic heterocycles. The third-order valence-corrected chi connectivity index (χ3v) is 4.12. The van der Waals surface area contributed by atoms with Crippen molar-refractivity contribution in [2.24, 2.45) is 0 Å². The van der Waals surface area contributed by atoms with Gasteiger partial charge in [-0.05, 0) is 49.4 Å². The van der Waals surface area contributed by atoms with E-state index in [0.717, 1.165) is 22.9 Å². The monoisotopic (exact) mass is 400 g/mol. The Morgan fingerprint density at radius 1 is 1.14 bits per heavy atom. The summed E-state index contributed by atoms with van der Waals surface area (Å²) in [6.45, 7) is 1.41. The zero-order valence-corrected chi connectivity index (χ0v) is 15.0. The number of rotatable bonds is 5. The van der Waals surface area contributed by atoms with Gasteiger partial charge in [-0.25, -0.2) is 9.07 Å². The first-order valence-electron chi connectivity index (χ1n) is 8.37. The van der Waals surface area contributed by atoms with Gasteiger partial charge in [-0.3, -0.25) is 19.7 Å². The Kier molecular flexibility index (Phi) is 5.44. The molecule has 1 aromatic heterocycles. The van der Waals surface area contributed by atoms with Gasteiger partial charge < -0.3 is 5.32 Å². The Hall–Kier alpha value is -3.95. The molecule has 0 radical (unpaired) electrons. The normalized spacial score (nSPS) is 11.7. The van der Waals surface area contributed by atoms with Crippen molar-refractivity contribution in [1.29, 1.82) is 0 Å². The van der Waals surface area contributed by atoms with Crippen LogP contribution in [-0.2, 0) is 4.79 Å². The van der Waals surface area contributed by atoms with Crippen molar-refractivity contribution in [1.82, 2.24) is 9.78 Å². The molecule has 0 saturated carbocycles. The molecule has 29 heavy (non-hydrogen) atoms. The predicted molar refractivity (Wildman–Crippen MR) is 100 cm³/mol. The van der Waals surface area contributed by atoms with E-state index in [1.807, 2.05) is 0 Å². The summed E-state index contributed by atoms with van der Waals surface area (Å²) in [5.41, 5.74) is -0.450. The molecule has 0 saturated heterocycles. The van der Waals surface area contributed by atoms with Gasteiger partial charge in [0.05, 0.1) is 10.6 Å². The lowest BCUT2D eigenvalue weighted by molar-refractivity contribution is -0.387. The van der Waals surface area contributed by atoms with Crippen molar-refractivity contribution in [2.75, 3.05) is 5.32 Å². The number of carbonyl (C=O) groups excluding carboxylic acids is 1. The number of nitro groups is 1. The fourth-order valence-electron chi connectivity index (χ4n) is 2.57. The SMILES string of the molecule is CC(C(=O)Nc1ccc(F)c([N+](=O)[O-])c1)n1nc(-c2ccc(F)cc2)ccc1=O. The van der Waals surface area contributed by atoms with Crippen LogP contribution >= 0.6 is 0 Å². The lowest BCUT2D eigenvalue weighted by Crippen LogP contribution is -2.33. The maximum atomic E-state index is 13.4. The highest BCUT2D eigenvalue weighted by Gasteiger charge is 2.20. The van der Waals surface area contributed by atoms with Crippen LogP contribution in [0, 0.1) is 21.7 Å². The summed E-state index contributed by atoms with van der Waals surface area (Å²) < 4.78 is 27.5. The molecule has 0 bridgehead atoms. The van der Waals surface area contributed by atoms with Crippen molar-refractivity contribution in [3.05, 3.63) is 86.7 Å². The highest BCUT2D eigenvalue weighted by Crippen LogP contribution is 2.22. The standard InChI is InChI=1S/C19H14F2N4O4/c1-11(19(27)22-14-6-7-15(21)17(10-14)25(28)29)24-18(26)9-8-16(23-24)12-2-4-13(20)5-3-12/h2-11H,1H3,(H,22,27). The van der Waals surface area contributed by atoms with E-state index in [9.17, 15) is 28.5 Å². The Balaban J connectivity index is 1.87. The van der Waals surface area contributed by atoms with Crippen LogP contribution in [0.1, 0.15) is 13.0 Å². The Bertz CT molecular complexity index is 1150. The Morgan fingerprint density at radius 2 is 1.83 bits per heavy atom. The molecule has 0 spiro atoms. The van der Waals surface area contributed by atoms with Crippen LogP contribution in [-0.4, -0.2) is 20.6 Å². The quantitative estimate of drug-likeness (QED) is 0.522. The molecule has 1 N–H and O–H groups in total. The molecule has 1 atom stereocenters. The van der Waals surface area contributed by atoms with Crippen LogP contribution in [0.5, 0.6) is 0 Å². The molecule has 3 rings (SSSR count). The van der Waals surface area contributed by atoms with Crippen LogP contribution < -0.4 is 10.9 Å². The summed E-state index contributed by atoms with van der Waals surface area (Å²) in [6, 6.07) is 9.93. The zero-order valence-electron chi connectivity index (χ0n) is 15.0. The molecule has 1 unspecified atom stereocenters. The first kappa shape index (κ1) is 19.8. The van der Waals surface area contributed by atoms with Crippen LogP contribution in [0.25, 0.3) is 11.3 Å². The molecule has 0 fully saturated rings. The molecule has 0 aliphatic carbocycles. The average Bonchev–Trinajstić information content (AvgIpc) is 2.69. The van der Waals surface area contributed by atoms with Crippen LogP contribution in [0.4, 0.5) is 20.2 Å². The second kappa shape index (κ2) is 7.97. The van der Waals surface area contributed by atoms with Crippen molar-refractivity contribution in [3.63, 3.8) is 0 Å². The van der Waals surface area contributed by atoms with Crippen LogP contribution in [0.15, 0.2) is 59.4 Å². The number of halogens is 2. The van der Waals surface area contributed by atoms with Gasteiger partial charge in [0.2, 0.25) is 11.7 Å². The number of nitro benzene ring substituents is 1. The molecule has 1 amide bonds. The van der Waals surface area contributed by atoms with Crippen LogP contribution in [0.3, 0.4) is 0 Å². The second-order valence-corrected chi connectivity index (χ2v) is 6.10. The number of carbonyl (C=O) groups is 1. The minimum Gasteiger partial charge on any atom is -0.324 e. The van der Waals surface area contributed by atoms with E-state index in [0.29, 0.717) is 11.3 Å². The fourth-order valence-corrected chi connectivity index (χ4v) is 2.57. The summed E-state index contributed by atoms with van der Waals surface area (Å²) in [5.74, 6) is -2.15. The minimum atomic E-state index is -1.08. The molecule has 1 heterocycles. The molecular formula is C19H14F2N4O4. The number of anilines is 1. The highest BCUT2D eigenvalue weighted by molar-refractivity contribution is 5.93. The van der Waals surface area contributed by atoms with Crippen LogP contribution in [0.2, 0.25) is 0 Å². The molecule has 3 aromatic rings. The van der Waals surface area contributed by atoms with E-state index in [1.165, 1.54) is 43.3 Å². The Morgan fingerprint density at radius 3 is 2.48 bits per heavy atom. The largest absolute Gasteiger partial charge is 0.324 e. The van der Waals surface area contributed by atoms with Gasteiger partial charge in [-0.1, -0.05) is 0 Å². The topological polar surface area (TPSA) is 107 Å². The summed E-state index contributed by atoms with van der Waals surface area (Å²) in [7, 11) is 0. The Labute approximate surface area is 162 Å². The van der Waals surface area contributed by atoms with E-state index in [4.69, 9.17) is 0 Å². The van der Waals surface area contributed by atoms with Crippen molar-refractivity contribution >= 4 is 17.3 Å². The molecule has 8 nitrogen and oxygen atoms in total. The molecule has 148 valence electrons. The second-order valence-electron chi connectivity index (χ2n) is 6.10. The maximum absolute atomic E-state index is 13.4. The van der Waals surface area contributed by atoms with Gasteiger partial charge >= 0.3 is 5.69 Å². The first-order chi connectivity index (χ1) is 13.8. The highest BCUT2D eigenvalue weighted by atomic mass is 19.1.